The molecular formula is C17H16F2N2O4. The minimum atomic E-state index is -1.15. The first kappa shape index (κ1) is 18.3. The number of pyridine rings is 1. The van der Waals surface area contributed by atoms with Crippen LogP contribution in [-0.2, 0) is 16.0 Å². The van der Waals surface area contributed by atoms with Crippen molar-refractivity contribution in [2.75, 3.05) is 14.2 Å². The van der Waals surface area contributed by atoms with Gasteiger partial charge >= 0.3 is 5.97 Å². The second-order valence-corrected chi connectivity index (χ2v) is 5.09. The molecule has 6 nitrogen and oxygen atoms in total. The van der Waals surface area contributed by atoms with E-state index in [1.807, 2.05) is 0 Å². The van der Waals surface area contributed by atoms with Crippen molar-refractivity contribution < 1.29 is 27.8 Å². The van der Waals surface area contributed by atoms with E-state index in [0.29, 0.717) is 11.4 Å². The van der Waals surface area contributed by atoms with Crippen LogP contribution in [0.15, 0.2) is 36.5 Å². The number of rotatable bonds is 6. The molecule has 2 rings (SSSR count). The maximum absolute atomic E-state index is 13.3. The Kier molecular flexibility index (Phi) is 5.99. The lowest BCUT2D eigenvalue weighted by Crippen LogP contribution is -2.43. The number of methoxy groups -OCH3 is 2. The predicted molar refractivity (Wildman–Crippen MR) is 84.1 cm³/mol. The summed E-state index contributed by atoms with van der Waals surface area (Å²) in [6.45, 7) is 0. The first-order chi connectivity index (χ1) is 11.9. The summed E-state index contributed by atoms with van der Waals surface area (Å²) in [5, 5.41) is 2.45. The molecule has 25 heavy (non-hydrogen) atoms. The molecule has 0 saturated heterocycles. The van der Waals surface area contributed by atoms with Crippen molar-refractivity contribution in [3.8, 4) is 5.88 Å². The lowest BCUT2D eigenvalue weighted by atomic mass is 10.1. The Labute approximate surface area is 142 Å². The molecule has 1 atom stereocenters. The molecule has 0 fully saturated rings. The monoisotopic (exact) mass is 350 g/mol. The highest BCUT2D eigenvalue weighted by atomic mass is 19.2. The summed E-state index contributed by atoms with van der Waals surface area (Å²) in [7, 11) is 2.66. The van der Waals surface area contributed by atoms with E-state index in [-0.39, 0.29) is 12.0 Å². The molecule has 8 heteroatoms. The summed E-state index contributed by atoms with van der Waals surface area (Å²) in [4.78, 5) is 28.1. The number of benzene rings is 1. The molecule has 1 amide bonds. The minimum absolute atomic E-state index is 0.110. The fourth-order valence-electron chi connectivity index (χ4n) is 2.10. The van der Waals surface area contributed by atoms with Crippen molar-refractivity contribution in [2.24, 2.45) is 0 Å². The fourth-order valence-corrected chi connectivity index (χ4v) is 2.10. The van der Waals surface area contributed by atoms with Crippen LogP contribution in [-0.4, -0.2) is 37.1 Å². The quantitative estimate of drug-likeness (QED) is 0.805. The summed E-state index contributed by atoms with van der Waals surface area (Å²) >= 11 is 0. The van der Waals surface area contributed by atoms with Gasteiger partial charge in [-0.05, 0) is 23.8 Å². The van der Waals surface area contributed by atoms with Crippen molar-refractivity contribution in [2.45, 2.75) is 12.5 Å². The zero-order valence-electron chi connectivity index (χ0n) is 13.6. The van der Waals surface area contributed by atoms with Crippen LogP contribution in [0.3, 0.4) is 0 Å². The van der Waals surface area contributed by atoms with Crippen LogP contribution in [0.5, 0.6) is 5.88 Å². The van der Waals surface area contributed by atoms with Crippen LogP contribution in [0.25, 0.3) is 0 Å². The molecule has 2 aromatic rings. The molecule has 1 N–H and O–H groups in total. The van der Waals surface area contributed by atoms with Gasteiger partial charge in [-0.25, -0.2) is 18.6 Å². The highest BCUT2D eigenvalue weighted by Crippen LogP contribution is 2.12. The number of nitrogens with zero attached hydrogens (tertiary/aromatic N) is 1. The highest BCUT2D eigenvalue weighted by molar-refractivity contribution is 5.96. The molecule has 0 spiro atoms. The summed E-state index contributed by atoms with van der Waals surface area (Å²) in [5.41, 5.74) is 0.544. The summed E-state index contributed by atoms with van der Waals surface area (Å²) < 4.78 is 35.8. The Bertz CT molecular complexity index is 766. The molecule has 0 aliphatic rings. The number of hydrogen-bond acceptors (Lipinski definition) is 5. The van der Waals surface area contributed by atoms with Gasteiger partial charge < -0.3 is 14.8 Å². The summed E-state index contributed by atoms with van der Waals surface area (Å²) in [5.74, 6) is -3.21. The number of carbonyl (C=O) groups is 2. The number of aromatic nitrogens is 1. The summed E-state index contributed by atoms with van der Waals surface area (Å²) in [6.07, 6.45) is 1.61. The maximum atomic E-state index is 13.3. The fraction of sp³-hybridized carbons (Fsp3) is 0.235. The number of carbonyl (C=O) groups excluding carboxylic acids is 2. The zero-order valence-corrected chi connectivity index (χ0v) is 13.6. The third-order valence-corrected chi connectivity index (χ3v) is 3.42. The average Bonchev–Trinajstić information content (AvgIpc) is 2.63. The predicted octanol–water partition coefficient (Wildman–Crippen LogP) is 1.88. The van der Waals surface area contributed by atoms with Crippen LogP contribution >= 0.6 is 0 Å². The smallest absolute Gasteiger partial charge is 0.328 e. The molecule has 0 unspecified atom stereocenters. The molecule has 0 saturated carbocycles. The van der Waals surface area contributed by atoms with E-state index in [1.165, 1.54) is 20.4 Å². The number of halogens is 2. The van der Waals surface area contributed by atoms with Crippen LogP contribution in [0.1, 0.15) is 15.9 Å². The molecule has 0 radical (unpaired) electrons. The van der Waals surface area contributed by atoms with Crippen molar-refractivity contribution in [1.82, 2.24) is 10.3 Å². The van der Waals surface area contributed by atoms with Gasteiger partial charge in [0.1, 0.15) is 6.04 Å². The Balaban J connectivity index is 2.14. The SMILES string of the molecule is COC(=O)[C@H](Cc1ccc(OC)nc1)NC(=O)c1ccc(F)c(F)c1. The van der Waals surface area contributed by atoms with Gasteiger partial charge in [-0.15, -0.1) is 0 Å². The Morgan fingerprint density at radius 2 is 1.92 bits per heavy atom. The topological polar surface area (TPSA) is 77.5 Å². The van der Waals surface area contributed by atoms with E-state index in [2.05, 4.69) is 15.0 Å². The number of esters is 1. The molecule has 0 aliphatic carbocycles. The van der Waals surface area contributed by atoms with Gasteiger partial charge in [-0.3, -0.25) is 4.79 Å². The number of ether oxygens (including phenoxy) is 2. The Morgan fingerprint density at radius 1 is 1.16 bits per heavy atom. The van der Waals surface area contributed by atoms with E-state index < -0.39 is 29.6 Å². The molecule has 1 aromatic carbocycles. The molecule has 1 aromatic heterocycles. The zero-order chi connectivity index (χ0) is 18.4. The van der Waals surface area contributed by atoms with Crippen LogP contribution in [0.4, 0.5) is 8.78 Å². The first-order valence-corrected chi connectivity index (χ1v) is 7.27. The number of hydrogen-bond donors (Lipinski definition) is 1. The van der Waals surface area contributed by atoms with E-state index in [4.69, 9.17) is 4.74 Å². The normalized spacial score (nSPS) is 11.5. The molecule has 132 valence electrons. The molecule has 1 heterocycles. The van der Waals surface area contributed by atoms with Gasteiger partial charge in [0.15, 0.2) is 11.6 Å². The Morgan fingerprint density at radius 3 is 2.48 bits per heavy atom. The van der Waals surface area contributed by atoms with E-state index in [1.54, 1.807) is 12.1 Å². The summed E-state index contributed by atoms with van der Waals surface area (Å²) in [6, 6.07) is 5.00. The molecule has 0 bridgehead atoms. The van der Waals surface area contributed by atoms with Crippen molar-refractivity contribution in [1.29, 1.82) is 0 Å². The molecule has 0 aliphatic heterocycles. The van der Waals surface area contributed by atoms with Gasteiger partial charge in [-0.2, -0.15) is 0 Å². The number of nitrogens with one attached hydrogen (secondary N) is 1. The van der Waals surface area contributed by atoms with Gasteiger partial charge in [0, 0.05) is 24.2 Å². The lowest BCUT2D eigenvalue weighted by molar-refractivity contribution is -0.142. The van der Waals surface area contributed by atoms with Gasteiger partial charge in [0.2, 0.25) is 5.88 Å². The second kappa shape index (κ2) is 8.18. The lowest BCUT2D eigenvalue weighted by Gasteiger charge is -2.16. The standard InChI is InChI=1S/C17H16F2N2O4/c1-24-15-6-3-10(9-20-15)7-14(17(23)25-2)21-16(22)11-4-5-12(18)13(19)8-11/h3-6,8-9,14H,7H2,1-2H3,(H,21,22)/t14-/m0/s1. The first-order valence-electron chi connectivity index (χ1n) is 7.27. The molecular weight excluding hydrogens is 334 g/mol. The van der Waals surface area contributed by atoms with Crippen molar-refractivity contribution >= 4 is 11.9 Å². The largest absolute Gasteiger partial charge is 0.481 e. The third kappa shape index (κ3) is 4.72. The van der Waals surface area contributed by atoms with E-state index in [9.17, 15) is 18.4 Å². The van der Waals surface area contributed by atoms with E-state index >= 15 is 0 Å². The average molecular weight is 350 g/mol. The minimum Gasteiger partial charge on any atom is -0.481 e. The maximum Gasteiger partial charge on any atom is 0.328 e. The van der Waals surface area contributed by atoms with Gasteiger partial charge in [0.05, 0.1) is 14.2 Å². The third-order valence-electron chi connectivity index (χ3n) is 3.42. The van der Waals surface area contributed by atoms with E-state index in [0.717, 1.165) is 18.2 Å². The highest BCUT2D eigenvalue weighted by Gasteiger charge is 2.23. The van der Waals surface area contributed by atoms with Gasteiger partial charge in [0.25, 0.3) is 5.91 Å². The number of amides is 1. The Hall–Kier alpha value is -3.03. The van der Waals surface area contributed by atoms with Crippen LogP contribution in [0, 0.1) is 11.6 Å². The second-order valence-electron chi connectivity index (χ2n) is 5.09. The van der Waals surface area contributed by atoms with Crippen molar-refractivity contribution in [3.05, 3.63) is 59.3 Å². The van der Waals surface area contributed by atoms with Crippen LogP contribution in [0.2, 0.25) is 0 Å². The van der Waals surface area contributed by atoms with Gasteiger partial charge in [-0.1, -0.05) is 6.07 Å². The van der Waals surface area contributed by atoms with Crippen molar-refractivity contribution in [3.63, 3.8) is 0 Å². The van der Waals surface area contributed by atoms with Crippen LogP contribution < -0.4 is 10.1 Å².